The van der Waals surface area contributed by atoms with Crippen molar-refractivity contribution in [3.8, 4) is 34.6 Å². The van der Waals surface area contributed by atoms with Gasteiger partial charge in [0.15, 0.2) is 5.82 Å². The Balaban J connectivity index is 1.84. The van der Waals surface area contributed by atoms with Gasteiger partial charge in [0.1, 0.15) is 18.1 Å². The van der Waals surface area contributed by atoms with Crippen molar-refractivity contribution in [2.75, 3.05) is 13.6 Å². The number of hydrogen-bond acceptors (Lipinski definition) is 6. The minimum Gasteiger partial charge on any atom is -0.507 e. The Morgan fingerprint density at radius 1 is 1.03 bits per heavy atom. The zero-order valence-electron chi connectivity index (χ0n) is 20.7. The molecule has 0 radical (unpaired) electrons. The lowest BCUT2D eigenvalue weighted by atomic mass is 10.1. The van der Waals surface area contributed by atoms with Crippen LogP contribution in [0.25, 0.3) is 17.1 Å². The van der Waals surface area contributed by atoms with Crippen LogP contribution in [0.15, 0.2) is 66.7 Å². The maximum absolute atomic E-state index is 13.2. The van der Waals surface area contributed by atoms with Gasteiger partial charge in [-0.05, 0) is 36.6 Å². The van der Waals surface area contributed by atoms with Gasteiger partial charge >= 0.3 is 6.01 Å². The molecule has 0 aliphatic heterocycles. The molecule has 0 saturated heterocycles. The molecule has 3 aromatic carbocycles. The topological polar surface area (TPSA) is 101 Å². The van der Waals surface area contributed by atoms with E-state index in [1.165, 1.54) is 10.6 Å². The van der Waals surface area contributed by atoms with Crippen molar-refractivity contribution in [1.29, 1.82) is 0 Å². The number of benzene rings is 3. The van der Waals surface area contributed by atoms with Gasteiger partial charge in [0.25, 0.3) is 5.91 Å². The highest BCUT2D eigenvalue weighted by Crippen LogP contribution is 2.38. The molecule has 8 nitrogen and oxygen atoms in total. The molecule has 4 rings (SSSR count). The van der Waals surface area contributed by atoms with Crippen LogP contribution in [0.3, 0.4) is 0 Å². The number of phenols is 1. The quantitative estimate of drug-likeness (QED) is 0.341. The van der Waals surface area contributed by atoms with E-state index >= 15 is 0 Å². The number of unbranched alkanes of at least 4 members (excludes halogenated alkanes) is 1. The third kappa shape index (κ3) is 5.17. The number of para-hydroxylation sites is 1. The number of hydrogen-bond donors (Lipinski definition) is 2. The zero-order chi connectivity index (χ0) is 25.7. The van der Waals surface area contributed by atoms with Crippen molar-refractivity contribution in [3.63, 3.8) is 0 Å². The second-order valence-electron chi connectivity index (χ2n) is 8.67. The molecule has 1 amide bonds. The molecule has 4 aromatic rings. The summed E-state index contributed by atoms with van der Waals surface area (Å²) < 4.78 is 7.61. The highest BCUT2D eigenvalue weighted by atomic mass is 16.5. The number of carbonyl (C=O) groups is 1. The summed E-state index contributed by atoms with van der Waals surface area (Å²) in [5.41, 5.74) is 3.06. The zero-order valence-corrected chi connectivity index (χ0v) is 20.7. The van der Waals surface area contributed by atoms with Gasteiger partial charge in [0.05, 0.1) is 16.8 Å². The van der Waals surface area contributed by atoms with E-state index in [1.807, 2.05) is 61.5 Å². The SMILES string of the molecule is CCCCN(C)C(=O)c1cc(-c2nnc(O)n2-c2ccccc2C)c(OCc2ccccc2)cc1O. The Kier molecular flexibility index (Phi) is 7.53. The standard InChI is InChI=1S/C28H30N4O4/c1-4-5-15-31(3)27(34)21-16-22(25(17-24(21)33)36-18-20-12-7-6-8-13-20)26-29-30-28(35)32(26)23-14-10-9-11-19(23)2/h6-14,16-17,33H,4-5,15,18H2,1-3H3,(H,30,35). The molecule has 0 saturated carbocycles. The van der Waals surface area contributed by atoms with Gasteiger partial charge in [0, 0.05) is 19.7 Å². The summed E-state index contributed by atoms with van der Waals surface area (Å²) in [7, 11) is 1.71. The molecule has 0 atom stereocenters. The van der Waals surface area contributed by atoms with Crippen LogP contribution in [0.2, 0.25) is 0 Å². The first-order valence-corrected chi connectivity index (χ1v) is 11.9. The predicted octanol–water partition coefficient (Wildman–Crippen LogP) is 5.11. The van der Waals surface area contributed by atoms with E-state index in [4.69, 9.17) is 4.74 Å². The molecule has 8 heteroatoms. The number of ether oxygens (including phenoxy) is 1. The van der Waals surface area contributed by atoms with Gasteiger partial charge in [-0.3, -0.25) is 4.79 Å². The summed E-state index contributed by atoms with van der Waals surface area (Å²) in [5, 5.41) is 29.5. The van der Waals surface area contributed by atoms with Crippen molar-refractivity contribution >= 4 is 5.91 Å². The smallest absolute Gasteiger partial charge is 0.319 e. The van der Waals surface area contributed by atoms with E-state index in [1.54, 1.807) is 18.0 Å². The molecule has 1 heterocycles. The van der Waals surface area contributed by atoms with Gasteiger partial charge < -0.3 is 19.8 Å². The number of carbonyl (C=O) groups excluding carboxylic acids is 1. The van der Waals surface area contributed by atoms with E-state index in [-0.39, 0.29) is 35.7 Å². The van der Waals surface area contributed by atoms with Crippen LogP contribution in [0.5, 0.6) is 17.5 Å². The number of rotatable bonds is 9. The molecular formula is C28H30N4O4. The number of nitrogens with zero attached hydrogens (tertiary/aromatic N) is 4. The molecule has 0 fully saturated rings. The summed E-state index contributed by atoms with van der Waals surface area (Å²) in [5.74, 6) is 0.0887. The molecule has 0 bridgehead atoms. The second-order valence-corrected chi connectivity index (χ2v) is 8.67. The Morgan fingerprint density at radius 2 is 1.75 bits per heavy atom. The summed E-state index contributed by atoms with van der Waals surface area (Å²) in [6, 6.07) is 19.8. The van der Waals surface area contributed by atoms with Crippen LogP contribution >= 0.6 is 0 Å². The van der Waals surface area contributed by atoms with Gasteiger partial charge in [0.2, 0.25) is 0 Å². The largest absolute Gasteiger partial charge is 0.507 e. The van der Waals surface area contributed by atoms with Crippen molar-refractivity contribution in [2.24, 2.45) is 0 Å². The third-order valence-corrected chi connectivity index (χ3v) is 6.00. The summed E-state index contributed by atoms with van der Waals surface area (Å²) in [6.07, 6.45) is 1.80. The van der Waals surface area contributed by atoms with Crippen LogP contribution in [0.4, 0.5) is 0 Å². The van der Waals surface area contributed by atoms with E-state index in [9.17, 15) is 15.0 Å². The Morgan fingerprint density at radius 3 is 2.47 bits per heavy atom. The first-order valence-electron chi connectivity index (χ1n) is 11.9. The number of aryl methyl sites for hydroxylation is 1. The predicted molar refractivity (Wildman–Crippen MR) is 138 cm³/mol. The lowest BCUT2D eigenvalue weighted by molar-refractivity contribution is 0.0790. The molecule has 36 heavy (non-hydrogen) atoms. The average molecular weight is 487 g/mol. The van der Waals surface area contributed by atoms with Crippen LogP contribution in [0.1, 0.15) is 41.3 Å². The fourth-order valence-corrected chi connectivity index (χ4v) is 3.96. The van der Waals surface area contributed by atoms with Gasteiger partial charge in [-0.15, -0.1) is 5.10 Å². The molecular weight excluding hydrogens is 456 g/mol. The van der Waals surface area contributed by atoms with Crippen molar-refractivity contribution in [3.05, 3.63) is 83.4 Å². The maximum Gasteiger partial charge on any atom is 0.319 e. The van der Waals surface area contributed by atoms with Crippen molar-refractivity contribution < 1.29 is 19.7 Å². The molecule has 0 unspecified atom stereocenters. The minimum absolute atomic E-state index is 0.120. The fraction of sp³-hybridized carbons (Fsp3) is 0.250. The molecule has 1 aromatic heterocycles. The summed E-state index contributed by atoms with van der Waals surface area (Å²) >= 11 is 0. The van der Waals surface area contributed by atoms with Gasteiger partial charge in [-0.2, -0.15) is 0 Å². The van der Waals surface area contributed by atoms with Gasteiger partial charge in [-0.1, -0.05) is 67.0 Å². The molecule has 0 spiro atoms. The van der Waals surface area contributed by atoms with Crippen molar-refractivity contribution in [2.45, 2.75) is 33.3 Å². The molecule has 0 aliphatic rings. The average Bonchev–Trinajstić information content (AvgIpc) is 3.27. The Bertz CT molecular complexity index is 1350. The number of phenolic OH excluding ortho intramolecular Hbond substituents is 1. The molecule has 0 aliphatic carbocycles. The number of aromatic nitrogens is 3. The first kappa shape index (κ1) is 24.8. The monoisotopic (exact) mass is 486 g/mol. The normalized spacial score (nSPS) is 10.9. The van der Waals surface area contributed by atoms with Crippen LogP contribution < -0.4 is 4.74 Å². The van der Waals surface area contributed by atoms with Crippen LogP contribution in [-0.4, -0.2) is 49.4 Å². The van der Waals surface area contributed by atoms with E-state index < -0.39 is 0 Å². The minimum atomic E-state index is -0.317. The Labute approximate surface area is 210 Å². The summed E-state index contributed by atoms with van der Waals surface area (Å²) in [6.45, 7) is 4.77. The van der Waals surface area contributed by atoms with Crippen LogP contribution in [0, 0.1) is 6.92 Å². The van der Waals surface area contributed by atoms with E-state index in [2.05, 4.69) is 17.1 Å². The third-order valence-electron chi connectivity index (χ3n) is 6.00. The second kappa shape index (κ2) is 10.9. The lowest BCUT2D eigenvalue weighted by Crippen LogP contribution is -2.27. The fourth-order valence-electron chi connectivity index (χ4n) is 3.96. The molecule has 186 valence electrons. The van der Waals surface area contributed by atoms with E-state index in [0.717, 1.165) is 24.0 Å². The molecule has 2 N–H and O–H groups in total. The maximum atomic E-state index is 13.2. The highest BCUT2D eigenvalue weighted by Gasteiger charge is 2.25. The van der Waals surface area contributed by atoms with Gasteiger partial charge in [-0.25, -0.2) is 4.57 Å². The lowest BCUT2D eigenvalue weighted by Gasteiger charge is -2.20. The number of aromatic hydroxyl groups is 2. The summed E-state index contributed by atoms with van der Waals surface area (Å²) in [4.78, 5) is 14.8. The van der Waals surface area contributed by atoms with Crippen LogP contribution in [-0.2, 0) is 6.61 Å². The van der Waals surface area contributed by atoms with Crippen molar-refractivity contribution in [1.82, 2.24) is 19.7 Å². The highest BCUT2D eigenvalue weighted by molar-refractivity contribution is 5.98. The first-order chi connectivity index (χ1) is 17.4. The number of amides is 1. The Hall–Kier alpha value is -4.33. The van der Waals surface area contributed by atoms with E-state index in [0.29, 0.717) is 23.5 Å².